The van der Waals surface area contributed by atoms with Gasteiger partial charge in [-0.05, 0) is 48.9 Å². The molecule has 2 bridgehead atoms. The molecule has 2 aromatic rings. The second-order valence-electron chi connectivity index (χ2n) is 10.5. The average Bonchev–Trinajstić information content (AvgIpc) is 3.65. The number of carbonyl (C=O) groups excluding carboxylic acids is 3. The van der Waals surface area contributed by atoms with Crippen molar-refractivity contribution in [2.75, 3.05) is 5.32 Å². The molecule has 1 aromatic heterocycles. The van der Waals surface area contributed by atoms with E-state index in [-0.39, 0.29) is 23.8 Å². The minimum Gasteiger partial charge on any atom is -0.359 e. The van der Waals surface area contributed by atoms with Gasteiger partial charge < -0.3 is 20.3 Å². The number of anilines is 1. The fourth-order valence-corrected chi connectivity index (χ4v) is 7.31. The van der Waals surface area contributed by atoms with Crippen LogP contribution in [0.2, 0.25) is 5.02 Å². The molecule has 2 N–H and O–H groups in total. The number of carbonyl (C=O) groups is 3. The Morgan fingerprint density at radius 2 is 2.00 bits per heavy atom. The summed E-state index contributed by atoms with van der Waals surface area (Å²) in [4.78, 5) is 44.0. The first-order valence-corrected chi connectivity index (χ1v) is 14.2. The van der Waals surface area contributed by atoms with Crippen LogP contribution in [0.3, 0.4) is 0 Å². The summed E-state index contributed by atoms with van der Waals surface area (Å²) in [6, 6.07) is 8.49. The molecular formula is C28H30ClN3O4S. The van der Waals surface area contributed by atoms with E-state index in [4.69, 9.17) is 16.3 Å². The number of rotatable bonds is 6. The molecule has 9 heteroatoms. The van der Waals surface area contributed by atoms with Crippen LogP contribution in [0.5, 0.6) is 0 Å². The first-order chi connectivity index (χ1) is 17.9. The number of hydrogen-bond acceptors (Lipinski definition) is 5. The molecule has 4 heterocycles. The van der Waals surface area contributed by atoms with Gasteiger partial charge in [0.1, 0.15) is 11.6 Å². The van der Waals surface area contributed by atoms with E-state index in [0.29, 0.717) is 17.3 Å². The van der Waals surface area contributed by atoms with Crippen LogP contribution in [0.4, 0.5) is 5.69 Å². The predicted octanol–water partition coefficient (Wildman–Crippen LogP) is 4.45. The molecule has 4 aliphatic rings. The van der Waals surface area contributed by atoms with Crippen LogP contribution >= 0.6 is 22.9 Å². The molecule has 6 rings (SSSR count). The van der Waals surface area contributed by atoms with E-state index >= 15 is 0 Å². The number of aryl methyl sites for hydroxylation is 1. The van der Waals surface area contributed by atoms with E-state index in [0.717, 1.165) is 36.1 Å². The SMILES string of the molecule is Cc1ccc(NC(=O)[C@@H]2[C@H]3C=C[C@]4(O3)[C@H](C(=O)NC3CCCCC3)N(Cc3cccs3)C(=O)[C@@H]24)cc1Cl. The van der Waals surface area contributed by atoms with Gasteiger partial charge in [0.05, 0.1) is 24.5 Å². The van der Waals surface area contributed by atoms with Crippen LogP contribution in [-0.2, 0) is 25.7 Å². The fourth-order valence-electron chi connectivity index (χ4n) is 6.43. The molecule has 3 amide bonds. The minimum absolute atomic E-state index is 0.100. The highest BCUT2D eigenvalue weighted by Gasteiger charge is 2.72. The molecule has 194 valence electrons. The lowest BCUT2D eigenvalue weighted by Crippen LogP contribution is -2.56. The highest BCUT2D eigenvalue weighted by Crippen LogP contribution is 2.55. The summed E-state index contributed by atoms with van der Waals surface area (Å²) in [5, 5.41) is 8.66. The summed E-state index contributed by atoms with van der Waals surface area (Å²) in [5.74, 6) is -2.23. The van der Waals surface area contributed by atoms with Crippen molar-refractivity contribution in [3.63, 3.8) is 0 Å². The number of ether oxygens (including phenoxy) is 1. The Morgan fingerprint density at radius 1 is 1.19 bits per heavy atom. The summed E-state index contributed by atoms with van der Waals surface area (Å²) in [6.07, 6.45) is 8.37. The number of benzene rings is 1. The zero-order valence-electron chi connectivity index (χ0n) is 20.6. The van der Waals surface area contributed by atoms with Gasteiger partial charge in [0.25, 0.3) is 0 Å². The maximum absolute atomic E-state index is 14.0. The number of hydrogen-bond donors (Lipinski definition) is 2. The van der Waals surface area contributed by atoms with Gasteiger partial charge in [0.15, 0.2) is 0 Å². The largest absolute Gasteiger partial charge is 0.359 e. The number of nitrogens with zero attached hydrogens (tertiary/aromatic N) is 1. The van der Waals surface area contributed by atoms with Gasteiger partial charge in [-0.25, -0.2) is 0 Å². The topological polar surface area (TPSA) is 87.7 Å². The quantitative estimate of drug-likeness (QED) is 0.531. The zero-order valence-corrected chi connectivity index (χ0v) is 22.2. The van der Waals surface area contributed by atoms with Crippen molar-refractivity contribution in [1.29, 1.82) is 0 Å². The molecule has 1 aliphatic carbocycles. The second-order valence-corrected chi connectivity index (χ2v) is 12.0. The number of thiophene rings is 1. The Hall–Kier alpha value is -2.68. The molecule has 1 aromatic carbocycles. The van der Waals surface area contributed by atoms with Crippen LogP contribution in [0.15, 0.2) is 47.9 Å². The van der Waals surface area contributed by atoms with Crippen LogP contribution in [0.25, 0.3) is 0 Å². The van der Waals surface area contributed by atoms with Gasteiger partial charge in [-0.15, -0.1) is 11.3 Å². The Kier molecular flexibility index (Phi) is 6.37. The number of amides is 3. The van der Waals surface area contributed by atoms with Gasteiger partial charge in [0, 0.05) is 21.6 Å². The maximum atomic E-state index is 14.0. The van der Waals surface area contributed by atoms with Crippen molar-refractivity contribution in [3.8, 4) is 0 Å². The van der Waals surface area contributed by atoms with Gasteiger partial charge in [-0.2, -0.15) is 0 Å². The Morgan fingerprint density at radius 3 is 2.73 bits per heavy atom. The lowest BCUT2D eigenvalue weighted by Gasteiger charge is -2.34. The highest BCUT2D eigenvalue weighted by molar-refractivity contribution is 7.09. The average molecular weight is 540 g/mol. The molecular weight excluding hydrogens is 510 g/mol. The third-order valence-corrected chi connectivity index (χ3v) is 9.49. The van der Waals surface area contributed by atoms with E-state index in [1.54, 1.807) is 28.4 Å². The molecule has 1 spiro atoms. The molecule has 7 nitrogen and oxygen atoms in total. The number of halogens is 1. The number of nitrogens with one attached hydrogen (secondary N) is 2. The second kappa shape index (κ2) is 9.57. The van der Waals surface area contributed by atoms with Crippen molar-refractivity contribution < 1.29 is 19.1 Å². The summed E-state index contributed by atoms with van der Waals surface area (Å²) in [6.45, 7) is 2.20. The van der Waals surface area contributed by atoms with E-state index in [9.17, 15) is 14.4 Å². The molecule has 0 unspecified atom stereocenters. The Bertz CT molecular complexity index is 1260. The first kappa shape index (κ1) is 24.6. The molecule has 3 fully saturated rings. The molecule has 3 aliphatic heterocycles. The molecule has 2 saturated heterocycles. The highest BCUT2D eigenvalue weighted by atomic mass is 35.5. The summed E-state index contributed by atoms with van der Waals surface area (Å²) >= 11 is 7.80. The Balaban J connectivity index is 1.31. The molecule has 1 saturated carbocycles. The minimum atomic E-state index is -1.16. The monoisotopic (exact) mass is 539 g/mol. The third-order valence-electron chi connectivity index (χ3n) is 8.22. The van der Waals surface area contributed by atoms with Gasteiger partial charge in [-0.3, -0.25) is 14.4 Å². The fraction of sp³-hybridized carbons (Fsp3) is 0.464. The van der Waals surface area contributed by atoms with E-state index in [1.165, 1.54) is 6.42 Å². The van der Waals surface area contributed by atoms with E-state index in [1.807, 2.05) is 42.7 Å². The summed E-state index contributed by atoms with van der Waals surface area (Å²) in [7, 11) is 0. The third kappa shape index (κ3) is 4.19. The van der Waals surface area contributed by atoms with Gasteiger partial charge in [-0.1, -0.05) is 55.1 Å². The van der Waals surface area contributed by atoms with Crippen LogP contribution in [0.1, 0.15) is 42.5 Å². The standard InChI is InChI=1S/C28H30ClN3O4S/c1-16-9-10-18(14-20(16)29)31-25(33)22-21-11-12-28(36-21)23(22)27(35)32(15-19-8-5-13-37-19)24(28)26(34)30-17-6-3-2-4-7-17/h5,8-14,17,21-24H,2-4,6-7,15H2,1H3,(H,30,34)(H,31,33)/t21-,22-,23-,24+,28-/m1/s1. The van der Waals surface area contributed by atoms with Crippen molar-refractivity contribution in [3.05, 3.63) is 63.3 Å². The van der Waals surface area contributed by atoms with Crippen LogP contribution in [0, 0.1) is 18.8 Å². The lowest BCUT2D eigenvalue weighted by molar-refractivity contribution is -0.142. The Labute approximate surface area is 225 Å². The number of fused-ring (bicyclic) bond motifs is 1. The summed E-state index contributed by atoms with van der Waals surface area (Å²) in [5.41, 5.74) is 0.311. The molecule has 37 heavy (non-hydrogen) atoms. The van der Waals surface area contributed by atoms with Crippen molar-refractivity contribution in [1.82, 2.24) is 10.2 Å². The number of likely N-dealkylation sites (tertiary alicyclic amines) is 1. The first-order valence-electron chi connectivity index (χ1n) is 12.9. The van der Waals surface area contributed by atoms with Gasteiger partial charge in [0.2, 0.25) is 17.7 Å². The van der Waals surface area contributed by atoms with E-state index < -0.39 is 29.6 Å². The predicted molar refractivity (Wildman–Crippen MR) is 142 cm³/mol. The molecule has 5 atom stereocenters. The summed E-state index contributed by atoms with van der Waals surface area (Å²) < 4.78 is 6.42. The van der Waals surface area contributed by atoms with Crippen molar-refractivity contribution in [2.45, 2.75) is 69.4 Å². The maximum Gasteiger partial charge on any atom is 0.246 e. The molecule has 0 radical (unpaired) electrons. The van der Waals surface area contributed by atoms with Crippen LogP contribution < -0.4 is 10.6 Å². The van der Waals surface area contributed by atoms with E-state index in [2.05, 4.69) is 10.6 Å². The normalized spacial score (nSPS) is 30.5. The lowest BCUT2D eigenvalue weighted by atomic mass is 9.74. The van der Waals surface area contributed by atoms with Crippen molar-refractivity contribution in [2.24, 2.45) is 11.8 Å². The van der Waals surface area contributed by atoms with Crippen molar-refractivity contribution >= 4 is 46.3 Å². The van der Waals surface area contributed by atoms with Gasteiger partial charge >= 0.3 is 0 Å². The van der Waals surface area contributed by atoms with Crippen LogP contribution in [-0.4, -0.2) is 46.4 Å². The zero-order chi connectivity index (χ0) is 25.7. The smallest absolute Gasteiger partial charge is 0.246 e.